The first-order valence-electron chi connectivity index (χ1n) is 2.12. The zero-order valence-electron chi connectivity index (χ0n) is 3.55. The van der Waals surface area contributed by atoms with Gasteiger partial charge in [0.1, 0.15) is 0 Å². The number of allylic oxidation sites excluding steroid dienone is 1. The number of thioether (sulfide) groups is 1. The summed E-state index contributed by atoms with van der Waals surface area (Å²) in [6, 6.07) is 0. The van der Waals surface area contributed by atoms with Crippen LogP contribution in [-0.2, 0) is 0 Å². The highest BCUT2D eigenvalue weighted by Gasteiger charge is 1.88. The second-order valence-electron chi connectivity index (χ2n) is 1.25. The molecule has 0 spiro atoms. The van der Waals surface area contributed by atoms with Gasteiger partial charge >= 0.3 is 0 Å². The molecule has 1 radical (unpaired) electrons. The molecule has 1 heterocycles. The molecule has 1 aliphatic heterocycles. The molecule has 0 atom stereocenters. The topological polar surface area (TPSA) is 0 Å². The Hall–Kier alpha value is 0.0900. The highest BCUT2D eigenvalue weighted by molar-refractivity contribution is 8.04. The monoisotopic (exact) mass is 99.0 g/mol. The van der Waals surface area contributed by atoms with E-state index < -0.39 is 0 Å². The Morgan fingerprint density at radius 2 is 2.33 bits per heavy atom. The van der Waals surface area contributed by atoms with Crippen molar-refractivity contribution in [3.63, 3.8) is 0 Å². The van der Waals surface area contributed by atoms with Crippen LogP contribution in [0.3, 0.4) is 0 Å². The molecular weight excluding hydrogens is 92.1 g/mol. The Morgan fingerprint density at radius 3 is 2.50 bits per heavy atom. The lowest BCUT2D eigenvalue weighted by atomic mass is 10.3. The van der Waals surface area contributed by atoms with Gasteiger partial charge in [-0.1, -0.05) is 6.08 Å². The van der Waals surface area contributed by atoms with Crippen LogP contribution in [0, 0.1) is 5.75 Å². The van der Waals surface area contributed by atoms with E-state index in [2.05, 4.69) is 17.2 Å². The minimum atomic E-state index is 1.24. The van der Waals surface area contributed by atoms with Gasteiger partial charge in [-0.3, -0.25) is 0 Å². The second-order valence-corrected chi connectivity index (χ2v) is 2.13. The Bertz CT molecular complexity index is 49.0. The lowest BCUT2D eigenvalue weighted by molar-refractivity contribution is 1.03. The molecule has 6 heavy (non-hydrogen) atoms. The first kappa shape index (κ1) is 4.25. The maximum Gasteiger partial charge on any atom is 0.0214 e. The minimum absolute atomic E-state index is 1.24. The normalized spacial score (nSPS) is 21.3. The molecule has 0 bridgehead atoms. The van der Waals surface area contributed by atoms with Crippen LogP contribution >= 0.6 is 11.8 Å². The molecule has 0 nitrogen and oxygen atoms in total. The van der Waals surface area contributed by atoms with E-state index in [0.29, 0.717) is 0 Å². The maximum atomic E-state index is 2.22. The molecule has 0 aromatic heterocycles. The van der Waals surface area contributed by atoms with Crippen LogP contribution in [0.4, 0.5) is 0 Å². The van der Waals surface area contributed by atoms with Crippen molar-refractivity contribution in [3.05, 3.63) is 17.2 Å². The molecule has 1 rings (SSSR count). The van der Waals surface area contributed by atoms with Gasteiger partial charge in [-0.05, 0) is 18.2 Å². The van der Waals surface area contributed by atoms with Crippen LogP contribution < -0.4 is 0 Å². The summed E-state index contributed by atoms with van der Waals surface area (Å²) in [6.07, 6.45) is 4.69. The first-order valence-corrected chi connectivity index (χ1v) is 3.06. The van der Waals surface area contributed by atoms with Gasteiger partial charge in [-0.15, -0.1) is 11.8 Å². The van der Waals surface area contributed by atoms with Crippen molar-refractivity contribution >= 4 is 11.8 Å². The van der Waals surface area contributed by atoms with Crippen molar-refractivity contribution in [1.82, 2.24) is 0 Å². The Balaban J connectivity index is 2.26. The SMILES string of the molecule is [CH]1CCC=CS1. The third kappa shape index (κ3) is 1.05. The molecule has 0 unspecified atom stereocenters. The fourth-order valence-corrected chi connectivity index (χ4v) is 1.04. The summed E-state index contributed by atoms with van der Waals surface area (Å²) in [5.41, 5.74) is 0. The van der Waals surface area contributed by atoms with Gasteiger partial charge in [0.2, 0.25) is 0 Å². The average Bonchev–Trinajstić information content (AvgIpc) is 1.72. The summed E-state index contributed by atoms with van der Waals surface area (Å²) in [5.74, 6) is 2.22. The second kappa shape index (κ2) is 2.30. The maximum absolute atomic E-state index is 2.22. The minimum Gasteiger partial charge on any atom is -0.130 e. The summed E-state index contributed by atoms with van der Waals surface area (Å²) in [4.78, 5) is 0. The number of hydrogen-bond donors (Lipinski definition) is 0. The van der Waals surface area contributed by atoms with Crippen molar-refractivity contribution in [2.75, 3.05) is 0 Å². The highest BCUT2D eigenvalue weighted by atomic mass is 32.2. The van der Waals surface area contributed by atoms with E-state index in [1.807, 2.05) is 0 Å². The third-order valence-electron chi connectivity index (χ3n) is 0.722. The van der Waals surface area contributed by atoms with E-state index in [1.165, 1.54) is 12.8 Å². The molecule has 1 heteroatoms. The molecule has 0 N–H and O–H groups in total. The van der Waals surface area contributed by atoms with Crippen molar-refractivity contribution in [2.24, 2.45) is 0 Å². The predicted molar refractivity (Wildman–Crippen MR) is 30.3 cm³/mol. The van der Waals surface area contributed by atoms with Crippen LogP contribution in [0.1, 0.15) is 12.8 Å². The van der Waals surface area contributed by atoms with Gasteiger partial charge in [0.05, 0.1) is 0 Å². The molecule has 1 aliphatic rings. The van der Waals surface area contributed by atoms with E-state index in [0.717, 1.165) is 0 Å². The Morgan fingerprint density at radius 1 is 1.33 bits per heavy atom. The van der Waals surface area contributed by atoms with Gasteiger partial charge in [0.15, 0.2) is 0 Å². The average molecular weight is 99.2 g/mol. The van der Waals surface area contributed by atoms with E-state index >= 15 is 0 Å². The molecule has 0 aromatic carbocycles. The summed E-state index contributed by atoms with van der Waals surface area (Å²) in [6.45, 7) is 0. The van der Waals surface area contributed by atoms with Gasteiger partial charge in [-0.2, -0.15) is 0 Å². The fourth-order valence-electron chi connectivity index (χ4n) is 0.411. The number of hydrogen-bond acceptors (Lipinski definition) is 1. The molecule has 0 saturated heterocycles. The van der Waals surface area contributed by atoms with Crippen LogP contribution in [0.2, 0.25) is 0 Å². The lowest BCUT2D eigenvalue weighted by Crippen LogP contribution is -1.71. The zero-order valence-corrected chi connectivity index (χ0v) is 4.37. The van der Waals surface area contributed by atoms with E-state index in [4.69, 9.17) is 0 Å². The smallest absolute Gasteiger partial charge is 0.0214 e. The van der Waals surface area contributed by atoms with Crippen LogP contribution in [0.25, 0.3) is 0 Å². The summed E-state index contributed by atoms with van der Waals surface area (Å²) in [5, 5.41) is 2.13. The Labute approximate surface area is 42.6 Å². The molecule has 0 aliphatic carbocycles. The van der Waals surface area contributed by atoms with Crippen molar-refractivity contribution in [2.45, 2.75) is 12.8 Å². The van der Waals surface area contributed by atoms with E-state index in [1.54, 1.807) is 11.8 Å². The largest absolute Gasteiger partial charge is 0.130 e. The van der Waals surface area contributed by atoms with Crippen molar-refractivity contribution in [1.29, 1.82) is 0 Å². The summed E-state index contributed by atoms with van der Waals surface area (Å²) in [7, 11) is 0. The van der Waals surface area contributed by atoms with Crippen LogP contribution in [0.5, 0.6) is 0 Å². The highest BCUT2D eigenvalue weighted by Crippen LogP contribution is 2.17. The molecule has 0 aromatic rings. The summed E-state index contributed by atoms with van der Waals surface area (Å²) >= 11 is 1.79. The molecule has 0 fully saturated rings. The van der Waals surface area contributed by atoms with Crippen LogP contribution in [0.15, 0.2) is 11.5 Å². The molecular formula is C5H7S. The van der Waals surface area contributed by atoms with Gasteiger partial charge in [0.25, 0.3) is 0 Å². The third-order valence-corrected chi connectivity index (χ3v) is 1.50. The summed E-state index contributed by atoms with van der Waals surface area (Å²) < 4.78 is 0. The quantitative estimate of drug-likeness (QED) is 0.448. The van der Waals surface area contributed by atoms with Crippen LogP contribution in [-0.4, -0.2) is 0 Å². The standard InChI is InChI=1S/C5H7S/c1-2-4-6-5-3-1/h2,4-5H,1,3H2. The zero-order chi connectivity index (χ0) is 4.24. The van der Waals surface area contributed by atoms with Crippen molar-refractivity contribution in [3.8, 4) is 0 Å². The fraction of sp³-hybridized carbons (Fsp3) is 0.400. The first-order chi connectivity index (χ1) is 3.00. The lowest BCUT2D eigenvalue weighted by Gasteiger charge is -1.96. The van der Waals surface area contributed by atoms with Gasteiger partial charge < -0.3 is 0 Å². The predicted octanol–water partition coefficient (Wildman–Crippen LogP) is 2.19. The molecule has 0 amide bonds. The molecule has 33 valence electrons. The Kier molecular flexibility index (Phi) is 1.63. The van der Waals surface area contributed by atoms with Gasteiger partial charge in [-0.25, -0.2) is 0 Å². The van der Waals surface area contributed by atoms with E-state index in [-0.39, 0.29) is 0 Å². The van der Waals surface area contributed by atoms with E-state index in [9.17, 15) is 0 Å². The van der Waals surface area contributed by atoms with Gasteiger partial charge in [0, 0.05) is 5.75 Å². The number of rotatable bonds is 0. The molecule has 0 saturated carbocycles. The van der Waals surface area contributed by atoms with Crippen molar-refractivity contribution < 1.29 is 0 Å².